The molecule has 1 unspecified atom stereocenters. The van der Waals surface area contributed by atoms with Crippen LogP contribution in [0.5, 0.6) is 0 Å². The number of aliphatic hydroxyl groups is 4. The Hall–Kier alpha value is -2.45. The van der Waals surface area contributed by atoms with Gasteiger partial charge in [-0.15, -0.1) is 5.10 Å². The molecule has 0 spiro atoms. The average Bonchev–Trinajstić information content (AvgIpc) is 3.41. The molecular formula is C22H27F3N4O5S. The highest BCUT2D eigenvalue weighted by molar-refractivity contribution is 8.18. The van der Waals surface area contributed by atoms with Crippen LogP contribution in [0, 0.1) is 24.4 Å². The summed E-state index contributed by atoms with van der Waals surface area (Å²) in [5.74, 6) is -4.27. The van der Waals surface area contributed by atoms with Gasteiger partial charge < -0.3 is 24.9 Å². The minimum atomic E-state index is -1.61. The summed E-state index contributed by atoms with van der Waals surface area (Å²) in [5, 5.41) is 53.9. The van der Waals surface area contributed by atoms with E-state index < -0.39 is 69.3 Å². The minimum absolute atomic E-state index is 0.00294. The zero-order valence-corrected chi connectivity index (χ0v) is 20.1. The Morgan fingerprint density at radius 1 is 1.23 bits per heavy atom. The number of aromatic nitrogens is 4. The summed E-state index contributed by atoms with van der Waals surface area (Å²) < 4.78 is 46.9. The second-order valence-electron chi connectivity index (χ2n) is 9.27. The molecule has 4 N–H and O–H groups in total. The highest BCUT2D eigenvalue weighted by atomic mass is 32.2. The summed E-state index contributed by atoms with van der Waals surface area (Å²) in [6, 6.07) is 0.498. The molecule has 0 radical (unpaired) electrons. The molecule has 1 saturated heterocycles. The van der Waals surface area contributed by atoms with E-state index in [0.29, 0.717) is 11.3 Å². The summed E-state index contributed by atoms with van der Waals surface area (Å²) in [5.41, 5.74) is -0.185. The van der Waals surface area contributed by atoms with Crippen molar-refractivity contribution in [2.24, 2.45) is 0 Å². The first-order valence-corrected chi connectivity index (χ1v) is 12.5. The number of rotatable bonds is 6. The average molecular weight is 517 g/mol. The van der Waals surface area contributed by atoms with Gasteiger partial charge in [-0.25, -0.2) is 28.7 Å². The van der Waals surface area contributed by atoms with Crippen LogP contribution in [0.4, 0.5) is 13.2 Å². The van der Waals surface area contributed by atoms with Gasteiger partial charge in [-0.3, -0.25) is 0 Å². The molecule has 1 fully saturated rings. The molecule has 3 aromatic rings. The van der Waals surface area contributed by atoms with Crippen molar-refractivity contribution in [2.45, 2.75) is 55.1 Å². The van der Waals surface area contributed by atoms with Crippen LogP contribution in [0.2, 0.25) is 0 Å². The molecule has 9 nitrogen and oxygen atoms in total. The first kappa shape index (κ1) is 25.6. The molecule has 1 aromatic carbocycles. The molecule has 13 heteroatoms. The van der Waals surface area contributed by atoms with Gasteiger partial charge in [-0.2, -0.15) is 0 Å². The van der Waals surface area contributed by atoms with Crippen LogP contribution in [0.15, 0.2) is 29.1 Å². The van der Waals surface area contributed by atoms with Crippen molar-refractivity contribution in [2.75, 3.05) is 12.4 Å². The molecule has 1 aliphatic heterocycles. The Morgan fingerprint density at radius 2 is 1.89 bits per heavy atom. The Labute approximate surface area is 201 Å². The van der Waals surface area contributed by atoms with Gasteiger partial charge in [0.25, 0.3) is 0 Å². The van der Waals surface area contributed by atoms with Crippen molar-refractivity contribution in [1.29, 1.82) is 0 Å². The molecule has 0 amide bonds. The van der Waals surface area contributed by atoms with Gasteiger partial charge in [0.15, 0.2) is 17.5 Å². The molecule has 0 saturated carbocycles. The van der Waals surface area contributed by atoms with Crippen LogP contribution < -0.4 is 0 Å². The van der Waals surface area contributed by atoms with Crippen molar-refractivity contribution >= 4 is 10.9 Å². The second kappa shape index (κ2) is 9.54. The molecule has 4 rings (SSSR count). The van der Waals surface area contributed by atoms with Crippen LogP contribution >= 0.6 is 10.9 Å². The smallest absolute Gasteiger partial charge is 0.194 e. The highest BCUT2D eigenvalue weighted by Gasteiger charge is 2.49. The lowest BCUT2D eigenvalue weighted by atomic mass is 10.00. The maximum Gasteiger partial charge on any atom is 0.194 e. The fourth-order valence-electron chi connectivity index (χ4n) is 4.67. The van der Waals surface area contributed by atoms with Crippen LogP contribution in [-0.4, -0.2) is 76.0 Å². The molecule has 35 heavy (non-hydrogen) atoms. The number of halogens is 3. The maximum absolute atomic E-state index is 13.7. The van der Waals surface area contributed by atoms with Crippen molar-refractivity contribution < 1.29 is 38.1 Å². The normalized spacial score (nSPS) is 27.2. The lowest BCUT2D eigenvalue weighted by molar-refractivity contribution is 0.00561. The van der Waals surface area contributed by atoms with E-state index in [-0.39, 0.29) is 17.0 Å². The third kappa shape index (κ3) is 4.70. The van der Waals surface area contributed by atoms with Gasteiger partial charge >= 0.3 is 0 Å². The van der Waals surface area contributed by atoms with Gasteiger partial charge in [-0.05, 0) is 32.9 Å². The van der Waals surface area contributed by atoms with E-state index in [1.165, 1.54) is 17.1 Å². The molecule has 0 bridgehead atoms. The maximum atomic E-state index is 13.7. The van der Waals surface area contributed by atoms with Crippen LogP contribution in [0.3, 0.4) is 0 Å². The monoisotopic (exact) mass is 516 g/mol. The van der Waals surface area contributed by atoms with Gasteiger partial charge in [0.2, 0.25) is 0 Å². The molecule has 2 aromatic heterocycles. The zero-order valence-electron chi connectivity index (χ0n) is 19.2. The quantitative estimate of drug-likeness (QED) is 0.247. The number of aryl methyl sites for hydroxylation is 1. The number of aliphatic hydroxyl groups excluding tert-OH is 3. The van der Waals surface area contributed by atoms with Crippen LogP contribution in [0.1, 0.15) is 36.4 Å². The summed E-state index contributed by atoms with van der Waals surface area (Å²) >= 11 is 0. The predicted octanol–water partition coefficient (Wildman–Crippen LogP) is 1.81. The van der Waals surface area contributed by atoms with E-state index in [1.807, 2.05) is 0 Å². The van der Waals surface area contributed by atoms with Gasteiger partial charge in [0.05, 0.1) is 35.9 Å². The minimum Gasteiger partial charge on any atom is -0.395 e. The summed E-state index contributed by atoms with van der Waals surface area (Å²) in [6.45, 7) is 4.52. The van der Waals surface area contributed by atoms with Crippen LogP contribution in [-0.2, 0) is 0 Å². The summed E-state index contributed by atoms with van der Waals surface area (Å²) in [7, 11) is -1.42. The lowest BCUT2D eigenvalue weighted by Crippen LogP contribution is -2.52. The number of hydrogen-bond donors (Lipinski definition) is 5. The molecule has 6 atom stereocenters. The first-order valence-electron chi connectivity index (χ1n) is 10.9. The Kier molecular flexibility index (Phi) is 6.99. The standard InChI is InChI=1S/C22H27F3N4O5S/c1-10-8-34-27-18(10)21(22(2,3)33)35-9-15(31)19(20(32)16(35)7-30)29-6-14(26-28-29)11-4-12(23)17(25)13(24)5-11/h4-6,8,15-16,19-21,30-33,35H,7,9H2,1-3H3/t15-,16+,19-,20-,21-/m0/s1. The second-order valence-corrected chi connectivity index (χ2v) is 11.8. The third-order valence-electron chi connectivity index (χ3n) is 6.29. The van der Waals surface area contributed by atoms with Gasteiger partial charge in [-0.1, -0.05) is 10.4 Å². The SMILES string of the molecule is Cc1conc1[C@H]([SH]1C[C@H](O)[C@H](n2cc(-c3cc(F)c(F)c(F)c3)nn2)[C@@H](O)[C@H]1CO)C(C)(C)O. The molecule has 0 aliphatic carbocycles. The fraction of sp³-hybridized carbons (Fsp3) is 0.500. The van der Waals surface area contributed by atoms with E-state index in [1.54, 1.807) is 20.8 Å². The fourth-order valence-corrected chi connectivity index (χ4v) is 8.34. The summed E-state index contributed by atoms with van der Waals surface area (Å²) in [6.07, 6.45) is 0.255. The van der Waals surface area contributed by atoms with E-state index in [9.17, 15) is 33.6 Å². The highest BCUT2D eigenvalue weighted by Crippen LogP contribution is 2.57. The molecular weight excluding hydrogens is 489 g/mol. The van der Waals surface area contributed by atoms with Gasteiger partial charge in [0, 0.05) is 22.1 Å². The summed E-state index contributed by atoms with van der Waals surface area (Å²) in [4.78, 5) is 0. The lowest BCUT2D eigenvalue weighted by Gasteiger charge is -2.50. The van der Waals surface area contributed by atoms with Crippen molar-refractivity contribution in [3.05, 3.63) is 53.3 Å². The van der Waals surface area contributed by atoms with E-state index in [4.69, 9.17) is 4.52 Å². The van der Waals surface area contributed by atoms with Gasteiger partial charge in [0.1, 0.15) is 23.7 Å². The van der Waals surface area contributed by atoms with E-state index in [0.717, 1.165) is 12.1 Å². The number of nitrogens with zero attached hydrogens (tertiary/aromatic N) is 4. The van der Waals surface area contributed by atoms with Crippen molar-refractivity contribution in [1.82, 2.24) is 20.2 Å². The number of thiol groups is 1. The molecule has 1 aliphatic rings. The number of benzene rings is 1. The topological polar surface area (TPSA) is 138 Å². The third-order valence-corrected chi connectivity index (χ3v) is 9.95. The van der Waals surface area contributed by atoms with E-state index >= 15 is 0 Å². The van der Waals surface area contributed by atoms with Crippen molar-refractivity contribution in [3.8, 4) is 11.3 Å². The van der Waals surface area contributed by atoms with Crippen LogP contribution in [0.25, 0.3) is 11.3 Å². The zero-order chi connectivity index (χ0) is 25.7. The van der Waals surface area contributed by atoms with Crippen molar-refractivity contribution in [3.63, 3.8) is 0 Å². The Morgan fingerprint density at radius 3 is 2.43 bits per heavy atom. The Bertz CT molecular complexity index is 1180. The largest absolute Gasteiger partial charge is 0.395 e. The van der Waals surface area contributed by atoms with E-state index in [2.05, 4.69) is 15.5 Å². The first-order chi connectivity index (χ1) is 16.4. The Balaban J connectivity index is 1.67. The molecule has 192 valence electrons. The molecule has 3 heterocycles. The predicted molar refractivity (Wildman–Crippen MR) is 121 cm³/mol. The number of hydrogen-bond acceptors (Lipinski definition) is 8.